The Bertz CT molecular complexity index is 739. The number of benzene rings is 1. The summed E-state index contributed by atoms with van der Waals surface area (Å²) >= 11 is 0.749. The third-order valence-electron chi connectivity index (χ3n) is 3.42. The van der Waals surface area contributed by atoms with Gasteiger partial charge in [-0.2, -0.15) is 4.39 Å². The molecule has 0 aliphatic carbocycles. The number of rotatable bonds is 5. The van der Waals surface area contributed by atoms with E-state index in [1.54, 1.807) is 12.1 Å². The van der Waals surface area contributed by atoms with E-state index in [0.29, 0.717) is 18.8 Å². The Morgan fingerprint density at radius 3 is 2.88 bits per heavy atom. The summed E-state index contributed by atoms with van der Waals surface area (Å²) in [6.07, 6.45) is 1.61. The summed E-state index contributed by atoms with van der Waals surface area (Å²) in [5, 5.41) is 6.25. The van der Waals surface area contributed by atoms with Crippen molar-refractivity contribution >= 4 is 28.1 Å². The lowest BCUT2D eigenvalue weighted by molar-refractivity contribution is -0.110. The molecule has 2 aromatic rings. The molecule has 1 saturated heterocycles. The highest BCUT2D eigenvalue weighted by Crippen LogP contribution is 2.17. The number of thiazole rings is 1. The quantitative estimate of drug-likeness (QED) is 0.665. The van der Waals surface area contributed by atoms with Gasteiger partial charge >= 0.3 is 0 Å². The fourth-order valence-corrected chi connectivity index (χ4v) is 2.67. The van der Waals surface area contributed by atoms with E-state index in [0.717, 1.165) is 29.5 Å². The predicted molar refractivity (Wildman–Crippen MR) is 88.7 cm³/mol. The normalized spacial score (nSPS) is 17.8. The number of amides is 1. The Labute approximate surface area is 142 Å². The summed E-state index contributed by atoms with van der Waals surface area (Å²) in [5.41, 5.74) is 1.78. The molecule has 1 aromatic carbocycles. The number of halogens is 1. The minimum atomic E-state index is -0.507. The Balaban J connectivity index is 1.81. The minimum Gasteiger partial charge on any atom is -0.389 e. The first-order chi connectivity index (χ1) is 11.6. The van der Waals surface area contributed by atoms with Gasteiger partial charge in [-0.3, -0.25) is 10.1 Å². The van der Waals surface area contributed by atoms with Gasteiger partial charge in [0.1, 0.15) is 0 Å². The number of aromatic nitrogens is 1. The number of oxime groups is 1. The second-order valence-corrected chi connectivity index (χ2v) is 6.30. The first kappa shape index (κ1) is 16.5. The summed E-state index contributed by atoms with van der Waals surface area (Å²) in [5.74, 6) is -0.507. The van der Waals surface area contributed by atoms with Gasteiger partial charge in [-0.25, -0.2) is 4.98 Å². The predicted octanol–water partition coefficient (Wildman–Crippen LogP) is 2.74. The van der Waals surface area contributed by atoms with Crippen LogP contribution >= 0.6 is 11.3 Å². The molecule has 0 saturated carbocycles. The van der Waals surface area contributed by atoms with Crippen molar-refractivity contribution in [2.75, 3.05) is 18.5 Å². The average Bonchev–Trinajstić information content (AvgIpc) is 3.21. The van der Waals surface area contributed by atoms with E-state index >= 15 is 0 Å². The summed E-state index contributed by atoms with van der Waals surface area (Å²) in [6, 6.07) is 7.31. The van der Waals surface area contributed by atoms with E-state index in [9.17, 15) is 9.18 Å². The fourth-order valence-electron chi connectivity index (χ4n) is 2.13. The number of nitrogens with one attached hydrogen (secondary N) is 1. The van der Waals surface area contributed by atoms with Crippen LogP contribution in [0.1, 0.15) is 17.5 Å². The smallest absolute Gasteiger partial charge is 0.280 e. The standard InChI is InChI=1S/C16H16FN3O3S/c1-10-2-4-11(5-3-10)14(20-23-12-6-7-22-9-12)15(21)19-16-18-8-13(17)24-16/h2-5,8,12H,6-7,9H2,1H3,(H,18,19,21)/b20-14-/t12-/m1/s1. The zero-order valence-electron chi connectivity index (χ0n) is 13.0. The third-order valence-corrected chi connectivity index (χ3v) is 4.12. The van der Waals surface area contributed by atoms with Crippen molar-refractivity contribution in [3.05, 3.63) is 46.7 Å². The van der Waals surface area contributed by atoms with Crippen molar-refractivity contribution in [3.8, 4) is 0 Å². The number of hydrogen-bond donors (Lipinski definition) is 1. The van der Waals surface area contributed by atoms with Crippen LogP contribution in [0.15, 0.2) is 35.6 Å². The van der Waals surface area contributed by atoms with Crippen LogP contribution in [0.5, 0.6) is 0 Å². The highest BCUT2D eigenvalue weighted by atomic mass is 32.1. The van der Waals surface area contributed by atoms with Crippen LogP contribution < -0.4 is 5.32 Å². The van der Waals surface area contributed by atoms with Gasteiger partial charge in [-0.05, 0) is 6.92 Å². The van der Waals surface area contributed by atoms with Crippen molar-refractivity contribution in [1.29, 1.82) is 0 Å². The maximum Gasteiger partial charge on any atom is 0.280 e. The van der Waals surface area contributed by atoms with E-state index < -0.39 is 11.0 Å². The molecule has 3 rings (SSSR count). The zero-order valence-corrected chi connectivity index (χ0v) is 13.8. The van der Waals surface area contributed by atoms with Crippen molar-refractivity contribution in [3.63, 3.8) is 0 Å². The largest absolute Gasteiger partial charge is 0.389 e. The topological polar surface area (TPSA) is 72.8 Å². The van der Waals surface area contributed by atoms with Crippen LogP contribution in [0, 0.1) is 12.1 Å². The van der Waals surface area contributed by atoms with Crippen molar-refractivity contribution < 1.29 is 18.8 Å². The van der Waals surface area contributed by atoms with Crippen LogP contribution in [0.4, 0.5) is 9.52 Å². The molecule has 1 aliphatic heterocycles. The zero-order chi connectivity index (χ0) is 16.9. The summed E-state index contributed by atoms with van der Waals surface area (Å²) in [7, 11) is 0. The van der Waals surface area contributed by atoms with E-state index in [2.05, 4.69) is 15.5 Å². The van der Waals surface area contributed by atoms with Gasteiger partial charge in [0.25, 0.3) is 5.91 Å². The summed E-state index contributed by atoms with van der Waals surface area (Å²) in [4.78, 5) is 21.7. The van der Waals surface area contributed by atoms with Crippen molar-refractivity contribution in [2.24, 2.45) is 5.16 Å². The molecule has 0 unspecified atom stereocenters. The molecular weight excluding hydrogens is 333 g/mol. The van der Waals surface area contributed by atoms with Crippen LogP contribution in [0.3, 0.4) is 0 Å². The number of hydrogen-bond acceptors (Lipinski definition) is 6. The van der Waals surface area contributed by atoms with Gasteiger partial charge in [0.15, 0.2) is 22.1 Å². The van der Waals surface area contributed by atoms with E-state index in [-0.39, 0.29) is 16.9 Å². The Kier molecular flexibility index (Phi) is 5.17. The SMILES string of the molecule is Cc1ccc(/C(=N/O[C@@H]2CCOC2)C(=O)Nc2ncc(F)s2)cc1. The molecule has 0 radical (unpaired) electrons. The number of carbonyl (C=O) groups is 1. The van der Waals surface area contributed by atoms with Gasteiger partial charge in [0.05, 0.1) is 19.4 Å². The van der Waals surface area contributed by atoms with E-state index in [1.807, 2.05) is 19.1 Å². The highest BCUT2D eigenvalue weighted by molar-refractivity contribution is 7.14. The van der Waals surface area contributed by atoms with Gasteiger partial charge in [-0.15, -0.1) is 0 Å². The van der Waals surface area contributed by atoms with Crippen LogP contribution in [0.25, 0.3) is 0 Å². The molecule has 1 fully saturated rings. The first-order valence-corrected chi connectivity index (χ1v) is 8.25. The van der Waals surface area contributed by atoms with Crippen molar-refractivity contribution in [1.82, 2.24) is 4.98 Å². The number of ether oxygens (including phenoxy) is 1. The Morgan fingerprint density at radius 2 is 2.25 bits per heavy atom. The van der Waals surface area contributed by atoms with Crippen molar-refractivity contribution in [2.45, 2.75) is 19.4 Å². The molecule has 2 heterocycles. The van der Waals surface area contributed by atoms with Gasteiger partial charge in [-0.1, -0.05) is 46.3 Å². The van der Waals surface area contributed by atoms with Crippen LogP contribution in [-0.2, 0) is 14.4 Å². The summed E-state index contributed by atoms with van der Waals surface area (Å²) < 4.78 is 18.3. The van der Waals surface area contributed by atoms with Gasteiger partial charge < -0.3 is 9.57 Å². The molecule has 1 atom stereocenters. The maximum atomic E-state index is 13.0. The third kappa shape index (κ3) is 4.15. The Hall–Kier alpha value is -2.32. The van der Waals surface area contributed by atoms with E-state index in [1.165, 1.54) is 0 Å². The molecule has 6 nitrogen and oxygen atoms in total. The molecule has 1 aromatic heterocycles. The molecule has 1 amide bonds. The highest BCUT2D eigenvalue weighted by Gasteiger charge is 2.21. The number of anilines is 1. The lowest BCUT2D eigenvalue weighted by atomic mass is 10.1. The summed E-state index contributed by atoms with van der Waals surface area (Å²) in [6.45, 7) is 3.01. The lowest BCUT2D eigenvalue weighted by Gasteiger charge is -2.09. The Morgan fingerprint density at radius 1 is 1.46 bits per heavy atom. The van der Waals surface area contributed by atoms with Gasteiger partial charge in [0, 0.05) is 12.0 Å². The van der Waals surface area contributed by atoms with Crippen LogP contribution in [-0.4, -0.2) is 35.9 Å². The second kappa shape index (κ2) is 7.50. The minimum absolute atomic E-state index is 0.109. The number of carbonyl (C=O) groups excluding carboxylic acids is 1. The van der Waals surface area contributed by atoms with Crippen LogP contribution in [0.2, 0.25) is 0 Å². The maximum absolute atomic E-state index is 13.0. The molecule has 24 heavy (non-hydrogen) atoms. The molecule has 0 bridgehead atoms. The lowest BCUT2D eigenvalue weighted by Crippen LogP contribution is -2.25. The molecular formula is C16H16FN3O3S. The average molecular weight is 349 g/mol. The molecule has 126 valence electrons. The molecule has 0 spiro atoms. The monoisotopic (exact) mass is 349 g/mol. The fraction of sp³-hybridized carbons (Fsp3) is 0.312. The first-order valence-electron chi connectivity index (χ1n) is 7.43. The molecule has 8 heteroatoms. The second-order valence-electron chi connectivity index (χ2n) is 5.32. The molecule has 1 N–H and O–H groups in total. The van der Waals surface area contributed by atoms with E-state index in [4.69, 9.17) is 9.57 Å². The number of aryl methyl sites for hydroxylation is 1. The molecule has 1 aliphatic rings. The van der Waals surface area contributed by atoms with Gasteiger partial charge in [0.2, 0.25) is 0 Å². The number of nitrogens with zero attached hydrogens (tertiary/aromatic N) is 2.